The predicted octanol–water partition coefficient (Wildman–Crippen LogP) is 4.40. The van der Waals surface area contributed by atoms with Crippen molar-refractivity contribution in [1.29, 1.82) is 0 Å². The van der Waals surface area contributed by atoms with Crippen molar-refractivity contribution in [3.8, 4) is 5.69 Å². The van der Waals surface area contributed by atoms with Gasteiger partial charge in [-0.15, -0.1) is 0 Å². The summed E-state index contributed by atoms with van der Waals surface area (Å²) in [5.74, 6) is -0.417. The zero-order valence-electron chi connectivity index (χ0n) is 15.4. The number of nitro benzene ring substituents is 1. The van der Waals surface area contributed by atoms with Crippen LogP contribution < -0.4 is 10.2 Å². The van der Waals surface area contributed by atoms with Crippen molar-refractivity contribution in [2.45, 2.75) is 12.8 Å². The zero-order valence-corrected chi connectivity index (χ0v) is 17.0. The van der Waals surface area contributed by atoms with Crippen LogP contribution in [0.2, 0.25) is 0 Å². The first-order chi connectivity index (χ1) is 14.0. The number of hydrogen-bond donors (Lipinski definition) is 1. The van der Waals surface area contributed by atoms with Gasteiger partial charge in [0.2, 0.25) is 0 Å². The molecule has 1 aliphatic heterocycles. The summed E-state index contributed by atoms with van der Waals surface area (Å²) in [7, 11) is 0. The molecular weight excluding hydrogens is 438 g/mol. The van der Waals surface area contributed by atoms with Gasteiger partial charge in [-0.1, -0.05) is 12.1 Å². The molecule has 0 aliphatic carbocycles. The highest BCUT2D eigenvalue weighted by Crippen LogP contribution is 2.32. The largest absolute Gasteiger partial charge is 0.366 e. The minimum absolute atomic E-state index is 0.0520. The third-order valence-electron chi connectivity index (χ3n) is 4.83. The summed E-state index contributed by atoms with van der Waals surface area (Å²) in [6.07, 6.45) is 5.46. The molecule has 2 aromatic carbocycles. The SMILES string of the molecule is O=C(Nc1ccccc1-n1cc(Br)cn1)c1ccc(N2CCCC2)c([N+](=O)[O-])c1. The number of nitrogens with one attached hydrogen (secondary N) is 1. The van der Waals surface area contributed by atoms with Gasteiger partial charge >= 0.3 is 0 Å². The molecule has 1 fully saturated rings. The average molecular weight is 456 g/mol. The van der Waals surface area contributed by atoms with Crippen molar-refractivity contribution in [3.05, 3.63) is 75.0 Å². The standard InChI is InChI=1S/C20H18BrN5O3/c21-15-12-22-25(13-15)17-6-2-1-5-16(17)23-20(27)14-7-8-18(19(11-14)26(28)29)24-9-3-4-10-24/h1-2,5-8,11-13H,3-4,9-10H2,(H,23,27). The Morgan fingerprint density at radius 2 is 1.90 bits per heavy atom. The normalized spacial score (nSPS) is 13.5. The fourth-order valence-corrected chi connectivity index (χ4v) is 3.73. The van der Waals surface area contributed by atoms with Gasteiger partial charge in [0.05, 0.1) is 27.0 Å². The summed E-state index contributed by atoms with van der Waals surface area (Å²) >= 11 is 3.36. The molecule has 0 unspecified atom stereocenters. The van der Waals surface area contributed by atoms with Crippen LogP contribution in [0, 0.1) is 10.1 Å². The van der Waals surface area contributed by atoms with Crippen LogP contribution in [0.5, 0.6) is 0 Å². The molecule has 2 heterocycles. The average Bonchev–Trinajstić information content (AvgIpc) is 3.40. The van der Waals surface area contributed by atoms with E-state index in [1.807, 2.05) is 17.0 Å². The summed E-state index contributed by atoms with van der Waals surface area (Å²) in [4.78, 5) is 26.0. The van der Waals surface area contributed by atoms with E-state index >= 15 is 0 Å². The quantitative estimate of drug-likeness (QED) is 0.454. The summed E-state index contributed by atoms with van der Waals surface area (Å²) < 4.78 is 2.45. The lowest BCUT2D eigenvalue weighted by Crippen LogP contribution is -2.20. The van der Waals surface area contributed by atoms with Gasteiger partial charge in [0.15, 0.2) is 0 Å². The Morgan fingerprint density at radius 3 is 2.59 bits per heavy atom. The smallest absolute Gasteiger partial charge is 0.293 e. The van der Waals surface area contributed by atoms with E-state index in [9.17, 15) is 14.9 Å². The molecule has 1 amide bonds. The molecule has 8 nitrogen and oxygen atoms in total. The number of hydrogen-bond acceptors (Lipinski definition) is 5. The number of rotatable bonds is 5. The number of anilines is 2. The lowest BCUT2D eigenvalue weighted by Gasteiger charge is -2.18. The first-order valence-electron chi connectivity index (χ1n) is 9.17. The van der Waals surface area contributed by atoms with Crippen molar-refractivity contribution in [2.24, 2.45) is 0 Å². The number of para-hydroxylation sites is 2. The maximum atomic E-state index is 12.8. The molecule has 0 radical (unpaired) electrons. The Bertz CT molecular complexity index is 1080. The van der Waals surface area contributed by atoms with Crippen LogP contribution in [0.15, 0.2) is 59.3 Å². The molecule has 1 N–H and O–H groups in total. The molecule has 0 atom stereocenters. The van der Waals surface area contributed by atoms with Crippen molar-refractivity contribution >= 4 is 38.9 Å². The second-order valence-corrected chi connectivity index (χ2v) is 7.64. The molecule has 9 heteroatoms. The highest BCUT2D eigenvalue weighted by atomic mass is 79.9. The molecular formula is C20H18BrN5O3. The second kappa shape index (κ2) is 8.04. The number of nitrogens with zero attached hydrogens (tertiary/aromatic N) is 4. The van der Waals surface area contributed by atoms with Crippen LogP contribution >= 0.6 is 15.9 Å². The van der Waals surface area contributed by atoms with Crippen LogP contribution in [0.4, 0.5) is 17.1 Å². The molecule has 0 bridgehead atoms. The van der Waals surface area contributed by atoms with Crippen molar-refractivity contribution in [3.63, 3.8) is 0 Å². The molecule has 1 aliphatic rings. The van der Waals surface area contributed by atoms with E-state index in [-0.39, 0.29) is 11.3 Å². The van der Waals surface area contributed by atoms with E-state index in [2.05, 4.69) is 26.3 Å². The minimum atomic E-state index is -0.431. The third-order valence-corrected chi connectivity index (χ3v) is 5.24. The molecule has 1 aromatic heterocycles. The lowest BCUT2D eigenvalue weighted by molar-refractivity contribution is -0.384. The fourth-order valence-electron chi connectivity index (χ4n) is 3.44. The Hall–Kier alpha value is -3.20. The van der Waals surface area contributed by atoms with Crippen molar-refractivity contribution in [2.75, 3.05) is 23.3 Å². The van der Waals surface area contributed by atoms with Gasteiger partial charge in [-0.3, -0.25) is 14.9 Å². The summed E-state index contributed by atoms with van der Waals surface area (Å²) in [5, 5.41) is 18.7. The number of amides is 1. The highest BCUT2D eigenvalue weighted by Gasteiger charge is 2.24. The summed E-state index contributed by atoms with van der Waals surface area (Å²) in [6.45, 7) is 1.58. The maximum absolute atomic E-state index is 12.8. The van der Waals surface area contributed by atoms with Crippen LogP contribution in [0.25, 0.3) is 5.69 Å². The molecule has 4 rings (SSSR count). The topological polar surface area (TPSA) is 93.3 Å². The van der Waals surface area contributed by atoms with Crippen LogP contribution in [-0.4, -0.2) is 33.7 Å². The van der Waals surface area contributed by atoms with Gasteiger partial charge in [0.1, 0.15) is 5.69 Å². The minimum Gasteiger partial charge on any atom is -0.366 e. The second-order valence-electron chi connectivity index (χ2n) is 6.73. The summed E-state index contributed by atoms with van der Waals surface area (Å²) in [6, 6.07) is 11.9. The fraction of sp³-hybridized carbons (Fsp3) is 0.200. The Balaban J connectivity index is 1.63. The van der Waals surface area contributed by atoms with Crippen LogP contribution in [0.3, 0.4) is 0 Å². The first-order valence-corrected chi connectivity index (χ1v) is 9.96. The monoisotopic (exact) mass is 455 g/mol. The Labute approximate surface area is 175 Å². The van der Waals surface area contributed by atoms with E-state index in [0.29, 0.717) is 17.1 Å². The number of nitro groups is 1. The Kier molecular flexibility index (Phi) is 5.30. The van der Waals surface area contributed by atoms with Gasteiger partial charge in [-0.2, -0.15) is 5.10 Å². The summed E-state index contributed by atoms with van der Waals surface area (Å²) in [5.41, 5.74) is 1.99. The lowest BCUT2D eigenvalue weighted by atomic mass is 10.1. The van der Waals surface area contributed by atoms with Gasteiger partial charge in [0.25, 0.3) is 11.6 Å². The van der Waals surface area contributed by atoms with Gasteiger partial charge in [-0.05, 0) is 53.0 Å². The molecule has 0 saturated carbocycles. The maximum Gasteiger partial charge on any atom is 0.293 e. The van der Waals surface area contributed by atoms with Crippen LogP contribution in [-0.2, 0) is 0 Å². The number of aromatic nitrogens is 2. The number of benzene rings is 2. The van der Waals surface area contributed by atoms with Gasteiger partial charge < -0.3 is 10.2 Å². The predicted molar refractivity (Wildman–Crippen MR) is 114 cm³/mol. The molecule has 148 valence electrons. The first kappa shape index (κ1) is 19.1. The molecule has 3 aromatic rings. The Morgan fingerprint density at radius 1 is 1.14 bits per heavy atom. The van der Waals surface area contributed by atoms with Crippen LogP contribution in [0.1, 0.15) is 23.2 Å². The number of halogens is 1. The highest BCUT2D eigenvalue weighted by molar-refractivity contribution is 9.10. The number of carbonyl (C=O) groups excluding carboxylic acids is 1. The van der Waals surface area contributed by atoms with E-state index in [4.69, 9.17) is 0 Å². The van der Waals surface area contributed by atoms with E-state index < -0.39 is 10.8 Å². The van der Waals surface area contributed by atoms with Gasteiger partial charge in [0, 0.05) is 30.9 Å². The van der Waals surface area contributed by atoms with Crippen molar-refractivity contribution < 1.29 is 9.72 Å². The molecule has 0 spiro atoms. The zero-order chi connectivity index (χ0) is 20.4. The molecule has 29 heavy (non-hydrogen) atoms. The molecule has 1 saturated heterocycles. The van der Waals surface area contributed by atoms with Gasteiger partial charge in [-0.25, -0.2) is 4.68 Å². The number of carbonyl (C=O) groups is 1. The third kappa shape index (κ3) is 4.00. The van der Waals surface area contributed by atoms with E-state index in [1.165, 1.54) is 6.07 Å². The van der Waals surface area contributed by atoms with E-state index in [1.54, 1.807) is 41.3 Å². The van der Waals surface area contributed by atoms with Crippen molar-refractivity contribution in [1.82, 2.24) is 9.78 Å². The van der Waals surface area contributed by atoms with E-state index in [0.717, 1.165) is 30.4 Å².